The molecule has 0 bridgehead atoms. The van der Waals surface area contributed by atoms with E-state index in [-0.39, 0.29) is 29.6 Å². The average Bonchev–Trinajstić information content (AvgIpc) is 2.90. The lowest BCUT2D eigenvalue weighted by molar-refractivity contribution is -0.122. The highest BCUT2D eigenvalue weighted by molar-refractivity contribution is 6.01. The minimum atomic E-state index is -0.374. The molecule has 1 aromatic carbocycles. The van der Waals surface area contributed by atoms with Crippen LogP contribution in [-0.2, 0) is 16.1 Å². The number of hydrogen-bond acceptors (Lipinski definition) is 5. The van der Waals surface area contributed by atoms with E-state index in [2.05, 4.69) is 10.3 Å². The highest BCUT2D eigenvalue weighted by atomic mass is 16.5. The van der Waals surface area contributed by atoms with Gasteiger partial charge in [-0.15, -0.1) is 0 Å². The Morgan fingerprint density at radius 2 is 2.22 bits per heavy atom. The summed E-state index contributed by atoms with van der Waals surface area (Å²) in [5.41, 5.74) is 0.894. The number of benzene rings is 1. The first kappa shape index (κ1) is 15.2. The number of ether oxygens (including phenoxy) is 1. The summed E-state index contributed by atoms with van der Waals surface area (Å²) in [6.45, 7) is 2.11. The Kier molecular flexibility index (Phi) is 4.12. The molecule has 0 saturated heterocycles. The van der Waals surface area contributed by atoms with E-state index in [1.807, 2.05) is 25.1 Å². The first-order valence-corrected chi connectivity index (χ1v) is 7.25. The molecule has 2 aromatic heterocycles. The normalized spacial score (nSPS) is 12.6. The molecule has 7 heteroatoms. The Morgan fingerprint density at radius 1 is 1.43 bits per heavy atom. The molecule has 23 heavy (non-hydrogen) atoms. The molecule has 0 aliphatic carbocycles. The number of aromatic nitrogens is 2. The number of methoxy groups -OCH3 is 1. The van der Waals surface area contributed by atoms with Crippen molar-refractivity contribution in [3.05, 3.63) is 40.9 Å². The summed E-state index contributed by atoms with van der Waals surface area (Å²) in [6.07, 6.45) is 1.37. The SMILES string of the molecule is COCC(C)NC(=O)Cn1cnc2c(oc3ccccc32)c1=O. The third-order valence-corrected chi connectivity index (χ3v) is 3.49. The van der Waals surface area contributed by atoms with Gasteiger partial charge in [0.25, 0.3) is 5.56 Å². The third kappa shape index (κ3) is 2.95. The van der Waals surface area contributed by atoms with Gasteiger partial charge in [-0.05, 0) is 19.1 Å². The lowest BCUT2D eigenvalue weighted by Gasteiger charge is -2.13. The second kappa shape index (κ2) is 6.21. The van der Waals surface area contributed by atoms with Crippen molar-refractivity contribution in [1.29, 1.82) is 0 Å². The highest BCUT2D eigenvalue weighted by Crippen LogP contribution is 2.23. The van der Waals surface area contributed by atoms with Crippen molar-refractivity contribution in [2.75, 3.05) is 13.7 Å². The molecule has 3 aromatic rings. The summed E-state index contributed by atoms with van der Waals surface area (Å²) in [7, 11) is 1.56. The van der Waals surface area contributed by atoms with Gasteiger partial charge in [0.05, 0.1) is 12.9 Å². The molecular formula is C16H17N3O4. The van der Waals surface area contributed by atoms with Crippen LogP contribution < -0.4 is 10.9 Å². The predicted molar refractivity (Wildman–Crippen MR) is 85.3 cm³/mol. The quantitative estimate of drug-likeness (QED) is 0.767. The highest BCUT2D eigenvalue weighted by Gasteiger charge is 2.15. The van der Waals surface area contributed by atoms with Crippen LogP contribution in [0.5, 0.6) is 0 Å². The number of fused-ring (bicyclic) bond motifs is 3. The number of carbonyl (C=O) groups excluding carboxylic acids is 1. The number of carbonyl (C=O) groups is 1. The van der Waals surface area contributed by atoms with Crippen molar-refractivity contribution in [3.8, 4) is 0 Å². The monoisotopic (exact) mass is 315 g/mol. The Bertz CT molecular complexity index is 912. The van der Waals surface area contributed by atoms with E-state index in [0.29, 0.717) is 17.7 Å². The topological polar surface area (TPSA) is 86.4 Å². The molecule has 3 rings (SSSR count). The lowest BCUT2D eigenvalue weighted by atomic mass is 10.2. The molecular weight excluding hydrogens is 298 g/mol. The summed E-state index contributed by atoms with van der Waals surface area (Å²) in [5.74, 6) is -0.283. The molecule has 0 aliphatic heterocycles. The number of nitrogens with one attached hydrogen (secondary N) is 1. The molecule has 7 nitrogen and oxygen atoms in total. The Labute approximate surface area is 131 Å². The van der Waals surface area contributed by atoms with Gasteiger partial charge in [0.15, 0.2) is 0 Å². The molecule has 0 radical (unpaired) electrons. The maximum atomic E-state index is 12.5. The van der Waals surface area contributed by atoms with Gasteiger partial charge in [-0.25, -0.2) is 4.98 Å². The smallest absolute Gasteiger partial charge is 0.297 e. The molecule has 0 spiro atoms. The van der Waals surface area contributed by atoms with Gasteiger partial charge in [0, 0.05) is 18.5 Å². The largest absolute Gasteiger partial charge is 0.448 e. The fourth-order valence-corrected chi connectivity index (χ4v) is 2.49. The lowest BCUT2D eigenvalue weighted by Crippen LogP contribution is -2.39. The molecule has 0 saturated carbocycles. The van der Waals surface area contributed by atoms with Crippen molar-refractivity contribution in [2.45, 2.75) is 19.5 Å². The van der Waals surface area contributed by atoms with Crippen LogP contribution in [0, 0.1) is 0 Å². The van der Waals surface area contributed by atoms with E-state index in [1.165, 1.54) is 10.9 Å². The maximum Gasteiger partial charge on any atom is 0.297 e. The minimum Gasteiger partial charge on any atom is -0.448 e. The third-order valence-electron chi connectivity index (χ3n) is 3.49. The van der Waals surface area contributed by atoms with Gasteiger partial charge >= 0.3 is 0 Å². The molecule has 1 unspecified atom stereocenters. The second-order valence-corrected chi connectivity index (χ2v) is 5.38. The number of furan rings is 1. The van der Waals surface area contributed by atoms with Crippen LogP contribution >= 0.6 is 0 Å². The average molecular weight is 315 g/mol. The summed E-state index contributed by atoms with van der Waals surface area (Å²) in [6, 6.07) is 7.17. The van der Waals surface area contributed by atoms with Crippen molar-refractivity contribution < 1.29 is 13.9 Å². The number of para-hydroxylation sites is 1. The molecule has 1 amide bonds. The van der Waals surface area contributed by atoms with Gasteiger partial charge in [-0.2, -0.15) is 0 Å². The predicted octanol–water partition coefficient (Wildman–Crippen LogP) is 1.29. The maximum absolute atomic E-state index is 12.5. The van der Waals surface area contributed by atoms with Crippen molar-refractivity contribution in [1.82, 2.24) is 14.9 Å². The molecule has 0 aliphatic rings. The van der Waals surface area contributed by atoms with Crippen LogP contribution in [0.1, 0.15) is 6.92 Å². The van der Waals surface area contributed by atoms with Crippen LogP contribution in [0.4, 0.5) is 0 Å². The van der Waals surface area contributed by atoms with E-state index in [9.17, 15) is 9.59 Å². The molecule has 1 atom stereocenters. The summed E-state index contributed by atoms with van der Waals surface area (Å²) in [5, 5.41) is 3.53. The van der Waals surface area contributed by atoms with Crippen LogP contribution in [0.15, 0.2) is 39.8 Å². The first-order chi connectivity index (χ1) is 11.1. The van der Waals surface area contributed by atoms with E-state index >= 15 is 0 Å². The van der Waals surface area contributed by atoms with E-state index in [1.54, 1.807) is 13.2 Å². The van der Waals surface area contributed by atoms with E-state index in [0.717, 1.165) is 5.39 Å². The van der Waals surface area contributed by atoms with Gasteiger partial charge in [0.1, 0.15) is 17.6 Å². The molecule has 120 valence electrons. The molecule has 2 heterocycles. The van der Waals surface area contributed by atoms with Gasteiger partial charge < -0.3 is 14.5 Å². The fourth-order valence-electron chi connectivity index (χ4n) is 2.49. The molecule has 0 fully saturated rings. The summed E-state index contributed by atoms with van der Waals surface area (Å²) >= 11 is 0. The standard InChI is InChI=1S/C16H17N3O4/c1-10(8-22-2)18-13(20)7-19-9-17-14-11-5-3-4-6-12(11)23-15(14)16(19)21/h3-6,9-10H,7-8H2,1-2H3,(H,18,20). The summed E-state index contributed by atoms with van der Waals surface area (Å²) in [4.78, 5) is 28.7. The first-order valence-electron chi connectivity index (χ1n) is 7.25. The van der Waals surface area contributed by atoms with Gasteiger partial charge in [-0.1, -0.05) is 12.1 Å². The van der Waals surface area contributed by atoms with Gasteiger partial charge in [-0.3, -0.25) is 14.2 Å². The molecule has 1 N–H and O–H groups in total. The second-order valence-electron chi connectivity index (χ2n) is 5.38. The zero-order valence-electron chi connectivity index (χ0n) is 12.9. The van der Waals surface area contributed by atoms with Crippen molar-refractivity contribution in [2.24, 2.45) is 0 Å². The van der Waals surface area contributed by atoms with E-state index < -0.39 is 0 Å². The Morgan fingerprint density at radius 3 is 3.00 bits per heavy atom. The van der Waals surface area contributed by atoms with Crippen LogP contribution in [0.25, 0.3) is 22.1 Å². The number of amides is 1. The Balaban J connectivity index is 1.90. The Hall–Kier alpha value is -2.67. The van der Waals surface area contributed by atoms with Crippen molar-refractivity contribution >= 4 is 28.0 Å². The van der Waals surface area contributed by atoms with Crippen molar-refractivity contribution in [3.63, 3.8) is 0 Å². The van der Waals surface area contributed by atoms with Crippen LogP contribution in [-0.4, -0.2) is 35.2 Å². The zero-order chi connectivity index (χ0) is 16.4. The number of rotatable bonds is 5. The zero-order valence-corrected chi connectivity index (χ0v) is 12.9. The fraction of sp³-hybridized carbons (Fsp3) is 0.312. The number of nitrogens with zero attached hydrogens (tertiary/aromatic N) is 2. The van der Waals surface area contributed by atoms with Crippen LogP contribution in [0.2, 0.25) is 0 Å². The van der Waals surface area contributed by atoms with E-state index in [4.69, 9.17) is 9.15 Å². The van der Waals surface area contributed by atoms with Crippen LogP contribution in [0.3, 0.4) is 0 Å². The van der Waals surface area contributed by atoms with Gasteiger partial charge in [0.2, 0.25) is 11.5 Å². The summed E-state index contributed by atoms with van der Waals surface area (Å²) < 4.78 is 11.8. The number of hydrogen-bond donors (Lipinski definition) is 1. The minimum absolute atomic E-state index is 0.118.